The van der Waals surface area contributed by atoms with E-state index < -0.39 is 0 Å². The van der Waals surface area contributed by atoms with Gasteiger partial charge in [0.1, 0.15) is 5.75 Å². The topological polar surface area (TPSA) is 53.7 Å². The van der Waals surface area contributed by atoms with Crippen molar-refractivity contribution >= 4 is 0 Å². The van der Waals surface area contributed by atoms with E-state index in [0.29, 0.717) is 12.3 Å². The van der Waals surface area contributed by atoms with Crippen LogP contribution in [0.25, 0.3) is 0 Å². The third-order valence-electron chi connectivity index (χ3n) is 3.28. The summed E-state index contributed by atoms with van der Waals surface area (Å²) < 4.78 is 16.1. The third kappa shape index (κ3) is 4.03. The minimum absolute atomic E-state index is 0.127. The molecule has 2 N–H and O–H groups in total. The first-order valence-corrected chi connectivity index (χ1v) is 6.46. The molecule has 4 nitrogen and oxygen atoms in total. The van der Waals surface area contributed by atoms with Crippen LogP contribution in [0.3, 0.4) is 0 Å². The summed E-state index contributed by atoms with van der Waals surface area (Å²) >= 11 is 0. The summed E-state index contributed by atoms with van der Waals surface area (Å²) in [5.41, 5.74) is 6.90. The van der Waals surface area contributed by atoms with Gasteiger partial charge in [-0.05, 0) is 36.4 Å². The molecule has 0 bridgehead atoms. The van der Waals surface area contributed by atoms with Crippen LogP contribution < -0.4 is 19.9 Å². The minimum Gasteiger partial charge on any atom is -0.496 e. The van der Waals surface area contributed by atoms with E-state index in [1.165, 1.54) is 0 Å². The van der Waals surface area contributed by atoms with Crippen LogP contribution in [-0.2, 0) is 6.42 Å². The van der Waals surface area contributed by atoms with Crippen LogP contribution in [-0.4, -0.2) is 27.9 Å². The SMILES string of the molecule is COc1cc(OC)c(OC)cc1CC(C)(C)CCN. The number of rotatable bonds is 7. The van der Waals surface area contributed by atoms with Gasteiger partial charge in [-0.15, -0.1) is 0 Å². The maximum Gasteiger partial charge on any atom is 0.164 e. The van der Waals surface area contributed by atoms with Gasteiger partial charge in [0.05, 0.1) is 21.3 Å². The van der Waals surface area contributed by atoms with Gasteiger partial charge >= 0.3 is 0 Å². The van der Waals surface area contributed by atoms with E-state index in [4.69, 9.17) is 19.9 Å². The number of ether oxygens (including phenoxy) is 3. The molecule has 108 valence electrons. The Morgan fingerprint density at radius 2 is 1.47 bits per heavy atom. The Balaban J connectivity index is 3.11. The quantitative estimate of drug-likeness (QED) is 0.825. The number of benzene rings is 1. The van der Waals surface area contributed by atoms with Gasteiger partial charge in [-0.1, -0.05) is 13.8 Å². The first kappa shape index (κ1) is 15.6. The monoisotopic (exact) mass is 267 g/mol. The Kier molecular flexibility index (Phi) is 5.48. The number of nitrogens with two attached hydrogens (primary N) is 1. The summed E-state index contributed by atoms with van der Waals surface area (Å²) in [4.78, 5) is 0. The first-order valence-electron chi connectivity index (χ1n) is 6.46. The second kappa shape index (κ2) is 6.66. The summed E-state index contributed by atoms with van der Waals surface area (Å²) in [5, 5.41) is 0. The van der Waals surface area contributed by atoms with Gasteiger partial charge < -0.3 is 19.9 Å². The fraction of sp³-hybridized carbons (Fsp3) is 0.600. The van der Waals surface area contributed by atoms with Crippen molar-refractivity contribution in [2.24, 2.45) is 11.1 Å². The maximum absolute atomic E-state index is 5.66. The van der Waals surface area contributed by atoms with Crippen LogP contribution in [0.2, 0.25) is 0 Å². The van der Waals surface area contributed by atoms with Crippen molar-refractivity contribution in [3.8, 4) is 17.2 Å². The fourth-order valence-electron chi connectivity index (χ4n) is 2.23. The minimum atomic E-state index is 0.127. The lowest BCUT2D eigenvalue weighted by Crippen LogP contribution is -2.20. The molecule has 0 amide bonds. The predicted octanol–water partition coefficient (Wildman–Crippen LogP) is 2.63. The fourth-order valence-corrected chi connectivity index (χ4v) is 2.23. The van der Waals surface area contributed by atoms with E-state index in [9.17, 15) is 0 Å². The lowest BCUT2D eigenvalue weighted by Gasteiger charge is -2.25. The van der Waals surface area contributed by atoms with Crippen LogP contribution in [0.1, 0.15) is 25.8 Å². The molecule has 0 radical (unpaired) electrons. The second-order valence-corrected chi connectivity index (χ2v) is 5.40. The highest BCUT2D eigenvalue weighted by Gasteiger charge is 2.21. The summed E-state index contributed by atoms with van der Waals surface area (Å²) in [6.07, 6.45) is 1.85. The lowest BCUT2D eigenvalue weighted by molar-refractivity contribution is 0.322. The van der Waals surface area contributed by atoms with Crippen molar-refractivity contribution in [1.29, 1.82) is 0 Å². The normalized spacial score (nSPS) is 11.3. The van der Waals surface area contributed by atoms with E-state index in [0.717, 1.165) is 29.9 Å². The van der Waals surface area contributed by atoms with Crippen molar-refractivity contribution in [3.63, 3.8) is 0 Å². The van der Waals surface area contributed by atoms with Crippen LogP contribution in [0.4, 0.5) is 0 Å². The molecular formula is C15H25NO3. The van der Waals surface area contributed by atoms with Crippen molar-refractivity contribution < 1.29 is 14.2 Å². The average molecular weight is 267 g/mol. The smallest absolute Gasteiger partial charge is 0.164 e. The van der Waals surface area contributed by atoms with Crippen LogP contribution in [0, 0.1) is 5.41 Å². The molecule has 0 saturated carbocycles. The third-order valence-corrected chi connectivity index (χ3v) is 3.28. The Hall–Kier alpha value is -1.42. The summed E-state index contributed by atoms with van der Waals surface area (Å²) in [6.45, 7) is 5.09. The van der Waals surface area contributed by atoms with E-state index >= 15 is 0 Å². The van der Waals surface area contributed by atoms with Crippen molar-refractivity contribution in [3.05, 3.63) is 17.7 Å². The van der Waals surface area contributed by atoms with Gasteiger partial charge in [0.15, 0.2) is 11.5 Å². The molecule has 0 saturated heterocycles. The van der Waals surface area contributed by atoms with Crippen LogP contribution in [0.5, 0.6) is 17.2 Å². The number of hydrogen-bond donors (Lipinski definition) is 1. The maximum atomic E-state index is 5.66. The van der Waals surface area contributed by atoms with Crippen molar-refractivity contribution in [1.82, 2.24) is 0 Å². The molecule has 0 spiro atoms. The van der Waals surface area contributed by atoms with Gasteiger partial charge in [0.25, 0.3) is 0 Å². The Morgan fingerprint density at radius 1 is 0.947 bits per heavy atom. The first-order chi connectivity index (χ1) is 8.97. The molecule has 0 aliphatic heterocycles. The van der Waals surface area contributed by atoms with Crippen molar-refractivity contribution in [2.45, 2.75) is 26.7 Å². The van der Waals surface area contributed by atoms with Crippen LogP contribution in [0.15, 0.2) is 12.1 Å². The van der Waals surface area contributed by atoms with E-state index in [1.54, 1.807) is 21.3 Å². The molecule has 1 rings (SSSR count). The molecule has 0 aliphatic carbocycles. The average Bonchev–Trinajstić information content (AvgIpc) is 2.37. The predicted molar refractivity (Wildman–Crippen MR) is 77.3 cm³/mol. The zero-order valence-corrected chi connectivity index (χ0v) is 12.6. The largest absolute Gasteiger partial charge is 0.496 e. The molecule has 0 unspecified atom stereocenters. The molecule has 0 heterocycles. The van der Waals surface area contributed by atoms with Gasteiger partial charge in [-0.2, -0.15) is 0 Å². The Labute approximate surface area is 115 Å². The molecule has 19 heavy (non-hydrogen) atoms. The molecule has 0 aromatic heterocycles. The van der Waals surface area contributed by atoms with E-state index in [1.807, 2.05) is 12.1 Å². The van der Waals surface area contributed by atoms with Gasteiger partial charge in [0, 0.05) is 6.07 Å². The zero-order chi connectivity index (χ0) is 14.5. The van der Waals surface area contributed by atoms with E-state index in [-0.39, 0.29) is 5.41 Å². The van der Waals surface area contributed by atoms with E-state index in [2.05, 4.69) is 13.8 Å². The highest BCUT2D eigenvalue weighted by molar-refractivity contribution is 5.51. The molecule has 4 heteroatoms. The molecule has 1 aromatic carbocycles. The van der Waals surface area contributed by atoms with Gasteiger partial charge in [0.2, 0.25) is 0 Å². The standard InChI is InChI=1S/C15H25NO3/c1-15(2,6-7-16)10-11-8-13(18-4)14(19-5)9-12(11)17-3/h8-9H,6-7,10,16H2,1-5H3. The highest BCUT2D eigenvalue weighted by Crippen LogP contribution is 2.38. The summed E-state index contributed by atoms with van der Waals surface area (Å²) in [7, 11) is 4.93. The second-order valence-electron chi connectivity index (χ2n) is 5.40. The summed E-state index contributed by atoms with van der Waals surface area (Å²) in [6, 6.07) is 3.85. The van der Waals surface area contributed by atoms with Crippen molar-refractivity contribution in [2.75, 3.05) is 27.9 Å². The van der Waals surface area contributed by atoms with Gasteiger partial charge in [-0.3, -0.25) is 0 Å². The molecule has 0 atom stereocenters. The molecule has 0 aliphatic rings. The lowest BCUT2D eigenvalue weighted by atomic mass is 9.82. The molecule has 1 aromatic rings. The van der Waals surface area contributed by atoms with Crippen LogP contribution >= 0.6 is 0 Å². The molecular weight excluding hydrogens is 242 g/mol. The number of methoxy groups -OCH3 is 3. The molecule has 0 fully saturated rings. The summed E-state index contributed by atoms with van der Waals surface area (Å²) in [5.74, 6) is 2.23. The Morgan fingerprint density at radius 3 is 1.95 bits per heavy atom. The van der Waals surface area contributed by atoms with Gasteiger partial charge in [-0.25, -0.2) is 0 Å². The number of hydrogen-bond acceptors (Lipinski definition) is 4. The highest BCUT2D eigenvalue weighted by atomic mass is 16.5. The zero-order valence-electron chi connectivity index (χ0n) is 12.6. The Bertz CT molecular complexity index is 416.